The Bertz CT molecular complexity index is 1270. The summed E-state index contributed by atoms with van der Waals surface area (Å²) in [6.45, 7) is 1.01. The first-order valence-corrected chi connectivity index (χ1v) is 10.7. The summed E-state index contributed by atoms with van der Waals surface area (Å²) in [6.07, 6.45) is 10.2. The quantitative estimate of drug-likeness (QED) is 0.445. The largest absolute Gasteiger partial charge is 0.364 e. The van der Waals surface area contributed by atoms with Crippen LogP contribution >= 0.6 is 0 Å². The summed E-state index contributed by atoms with van der Waals surface area (Å²) in [5.41, 5.74) is 9.66. The Morgan fingerprint density at radius 3 is 2.58 bits per heavy atom. The van der Waals surface area contributed by atoms with Crippen LogP contribution in [-0.4, -0.2) is 22.6 Å². The molecule has 152 valence electrons. The van der Waals surface area contributed by atoms with Gasteiger partial charge in [0.15, 0.2) is 0 Å². The van der Waals surface area contributed by atoms with Crippen LogP contribution in [0.1, 0.15) is 17.5 Å². The van der Waals surface area contributed by atoms with Gasteiger partial charge in [-0.25, -0.2) is 4.39 Å². The molecule has 6 rings (SSSR count). The molecule has 0 saturated heterocycles. The number of aromatic amines is 1. The number of anilines is 1. The standard InChI is InChI=1S/C27H22FN3/c28-22-7-5-19(6-8-22)27-26(18-9-12-29-13-10-18)24(17-30-27)20-11-14-31-23(15-20)16-21-3-1-2-4-25(21)31/h1-10,12-13,15,17,23,30H,11,14,16H2. The van der Waals surface area contributed by atoms with Crippen molar-refractivity contribution in [3.05, 3.63) is 102 Å². The van der Waals surface area contributed by atoms with Crippen LogP contribution in [0.5, 0.6) is 0 Å². The molecule has 1 N–H and O–H groups in total. The van der Waals surface area contributed by atoms with E-state index in [1.165, 1.54) is 34.5 Å². The summed E-state index contributed by atoms with van der Waals surface area (Å²) in [6, 6.07) is 19.9. The Kier molecular flexibility index (Phi) is 4.23. The van der Waals surface area contributed by atoms with Gasteiger partial charge in [-0.1, -0.05) is 24.3 Å². The van der Waals surface area contributed by atoms with Gasteiger partial charge in [0, 0.05) is 41.9 Å². The van der Waals surface area contributed by atoms with Crippen molar-refractivity contribution in [3.8, 4) is 22.4 Å². The van der Waals surface area contributed by atoms with E-state index in [-0.39, 0.29) is 5.82 Å². The first kappa shape index (κ1) is 18.1. The van der Waals surface area contributed by atoms with E-state index < -0.39 is 0 Å². The van der Waals surface area contributed by atoms with Gasteiger partial charge in [-0.2, -0.15) is 0 Å². The first-order valence-electron chi connectivity index (χ1n) is 10.7. The molecule has 4 heterocycles. The lowest BCUT2D eigenvalue weighted by molar-refractivity contribution is 0.628. The molecule has 0 amide bonds. The van der Waals surface area contributed by atoms with E-state index in [9.17, 15) is 4.39 Å². The molecule has 4 heteroatoms. The number of rotatable bonds is 3. The summed E-state index contributed by atoms with van der Waals surface area (Å²) >= 11 is 0. The number of aromatic nitrogens is 2. The van der Waals surface area contributed by atoms with Gasteiger partial charge in [0.1, 0.15) is 5.82 Å². The average molecular weight is 407 g/mol. The van der Waals surface area contributed by atoms with Crippen molar-refractivity contribution < 1.29 is 4.39 Å². The highest BCUT2D eigenvalue weighted by Crippen LogP contribution is 2.42. The SMILES string of the molecule is Fc1ccc(-c2[nH]cc(C3=CC4Cc5ccccc5N4CC3)c2-c2ccncc2)cc1. The van der Waals surface area contributed by atoms with Crippen LogP contribution in [0.15, 0.2) is 85.3 Å². The number of hydrogen-bond acceptors (Lipinski definition) is 2. The molecule has 0 spiro atoms. The van der Waals surface area contributed by atoms with Gasteiger partial charge in [0.05, 0.1) is 11.7 Å². The molecule has 3 nitrogen and oxygen atoms in total. The Labute approximate surface area is 180 Å². The number of hydrogen-bond donors (Lipinski definition) is 1. The second-order valence-corrected chi connectivity index (χ2v) is 8.23. The van der Waals surface area contributed by atoms with Gasteiger partial charge >= 0.3 is 0 Å². The molecule has 2 aromatic heterocycles. The molecule has 0 radical (unpaired) electrons. The molecule has 2 aliphatic rings. The van der Waals surface area contributed by atoms with Crippen molar-refractivity contribution in [1.82, 2.24) is 9.97 Å². The molecule has 0 fully saturated rings. The second-order valence-electron chi connectivity index (χ2n) is 8.23. The van der Waals surface area contributed by atoms with Crippen LogP contribution < -0.4 is 4.90 Å². The van der Waals surface area contributed by atoms with Gasteiger partial charge < -0.3 is 9.88 Å². The molecule has 0 saturated carbocycles. The Balaban J connectivity index is 1.45. The van der Waals surface area contributed by atoms with Gasteiger partial charge in [0.25, 0.3) is 0 Å². The number of H-pyrrole nitrogens is 1. The minimum atomic E-state index is -0.225. The highest BCUT2D eigenvalue weighted by molar-refractivity contribution is 5.92. The lowest BCUT2D eigenvalue weighted by Gasteiger charge is -2.31. The summed E-state index contributed by atoms with van der Waals surface area (Å²) in [7, 11) is 0. The van der Waals surface area contributed by atoms with E-state index in [0.29, 0.717) is 6.04 Å². The van der Waals surface area contributed by atoms with Crippen LogP contribution in [-0.2, 0) is 6.42 Å². The molecular formula is C27H22FN3. The first-order chi connectivity index (χ1) is 15.3. The van der Waals surface area contributed by atoms with Crippen LogP contribution in [0.4, 0.5) is 10.1 Å². The monoisotopic (exact) mass is 407 g/mol. The predicted molar refractivity (Wildman–Crippen MR) is 123 cm³/mol. The smallest absolute Gasteiger partial charge is 0.123 e. The topological polar surface area (TPSA) is 31.9 Å². The fourth-order valence-electron chi connectivity index (χ4n) is 5.03. The molecule has 1 atom stereocenters. The van der Waals surface area contributed by atoms with Crippen molar-refractivity contribution in [1.29, 1.82) is 0 Å². The molecule has 4 aromatic rings. The Morgan fingerprint density at radius 1 is 0.935 bits per heavy atom. The van der Waals surface area contributed by atoms with Gasteiger partial charge in [-0.15, -0.1) is 0 Å². The molecule has 0 aliphatic carbocycles. The molecular weight excluding hydrogens is 385 g/mol. The van der Waals surface area contributed by atoms with E-state index in [1.54, 1.807) is 0 Å². The zero-order valence-electron chi connectivity index (χ0n) is 17.1. The third kappa shape index (κ3) is 3.07. The average Bonchev–Trinajstić information content (AvgIpc) is 3.41. The van der Waals surface area contributed by atoms with E-state index in [2.05, 4.69) is 51.4 Å². The zero-order chi connectivity index (χ0) is 20.8. The number of pyridine rings is 1. The normalized spacial score (nSPS) is 17.3. The Hall–Kier alpha value is -3.66. The number of para-hydroxylation sites is 1. The predicted octanol–water partition coefficient (Wildman–Crippen LogP) is 6.10. The van der Waals surface area contributed by atoms with E-state index in [1.807, 2.05) is 36.7 Å². The van der Waals surface area contributed by atoms with Crippen molar-refractivity contribution >= 4 is 11.3 Å². The number of fused-ring (bicyclic) bond motifs is 3. The highest BCUT2D eigenvalue weighted by atomic mass is 19.1. The van der Waals surface area contributed by atoms with Crippen molar-refractivity contribution in [2.24, 2.45) is 0 Å². The van der Waals surface area contributed by atoms with E-state index >= 15 is 0 Å². The number of nitrogens with one attached hydrogen (secondary N) is 1. The minimum Gasteiger partial charge on any atom is -0.364 e. The van der Waals surface area contributed by atoms with E-state index in [0.717, 1.165) is 41.8 Å². The number of halogens is 1. The number of benzene rings is 2. The maximum absolute atomic E-state index is 13.5. The zero-order valence-corrected chi connectivity index (χ0v) is 17.1. The maximum atomic E-state index is 13.5. The van der Waals surface area contributed by atoms with Gasteiger partial charge in [-0.05, 0) is 77.6 Å². The van der Waals surface area contributed by atoms with Crippen LogP contribution in [0.3, 0.4) is 0 Å². The lowest BCUT2D eigenvalue weighted by Crippen LogP contribution is -2.34. The highest BCUT2D eigenvalue weighted by Gasteiger charge is 2.31. The minimum absolute atomic E-state index is 0.225. The Morgan fingerprint density at radius 2 is 1.74 bits per heavy atom. The maximum Gasteiger partial charge on any atom is 0.123 e. The van der Waals surface area contributed by atoms with Crippen molar-refractivity contribution in [3.63, 3.8) is 0 Å². The van der Waals surface area contributed by atoms with Crippen LogP contribution in [0.25, 0.3) is 28.0 Å². The number of nitrogens with zero attached hydrogens (tertiary/aromatic N) is 2. The van der Waals surface area contributed by atoms with Crippen LogP contribution in [0, 0.1) is 5.82 Å². The molecule has 31 heavy (non-hydrogen) atoms. The molecule has 2 aliphatic heterocycles. The summed E-state index contributed by atoms with van der Waals surface area (Å²) in [5, 5.41) is 0. The second kappa shape index (κ2) is 7.24. The molecule has 2 aromatic carbocycles. The van der Waals surface area contributed by atoms with Gasteiger partial charge in [0.2, 0.25) is 0 Å². The lowest BCUT2D eigenvalue weighted by atomic mass is 9.90. The summed E-state index contributed by atoms with van der Waals surface area (Å²) < 4.78 is 13.5. The fourth-order valence-corrected chi connectivity index (χ4v) is 5.03. The van der Waals surface area contributed by atoms with E-state index in [4.69, 9.17) is 0 Å². The van der Waals surface area contributed by atoms with Crippen LogP contribution in [0.2, 0.25) is 0 Å². The molecule has 1 unspecified atom stereocenters. The third-order valence-corrected chi connectivity index (χ3v) is 6.47. The molecule has 0 bridgehead atoms. The summed E-state index contributed by atoms with van der Waals surface area (Å²) in [4.78, 5) is 10.2. The van der Waals surface area contributed by atoms with Crippen molar-refractivity contribution in [2.75, 3.05) is 11.4 Å². The summed E-state index contributed by atoms with van der Waals surface area (Å²) in [5.74, 6) is -0.225. The van der Waals surface area contributed by atoms with Crippen molar-refractivity contribution in [2.45, 2.75) is 18.9 Å². The van der Waals surface area contributed by atoms with Gasteiger partial charge in [-0.3, -0.25) is 4.98 Å². The fraction of sp³-hybridized carbons (Fsp3) is 0.148. The third-order valence-electron chi connectivity index (χ3n) is 6.47.